The highest BCUT2D eigenvalue weighted by Gasteiger charge is 2.19. The Balaban J connectivity index is 2.31. The molecule has 0 fully saturated rings. The molecule has 1 aliphatic heterocycles. The SMILES string of the molecule is CNCc1c2n(c3ccccc13)CCC2. The van der Waals surface area contributed by atoms with Crippen LogP contribution in [0.1, 0.15) is 17.7 Å². The number of aryl methyl sites for hydroxylation is 1. The molecule has 15 heavy (non-hydrogen) atoms. The van der Waals surface area contributed by atoms with Gasteiger partial charge in [-0.3, -0.25) is 0 Å². The van der Waals surface area contributed by atoms with Crippen molar-refractivity contribution in [1.29, 1.82) is 0 Å². The number of nitrogens with zero attached hydrogens (tertiary/aromatic N) is 1. The number of hydrogen-bond acceptors (Lipinski definition) is 1. The summed E-state index contributed by atoms with van der Waals surface area (Å²) in [6, 6.07) is 8.75. The molecule has 1 N–H and O–H groups in total. The molecule has 1 aromatic heterocycles. The second-order valence-corrected chi connectivity index (χ2v) is 4.23. The molecule has 0 unspecified atom stereocenters. The first-order chi connectivity index (χ1) is 7.42. The number of rotatable bonds is 2. The molecule has 3 rings (SSSR count). The summed E-state index contributed by atoms with van der Waals surface area (Å²) >= 11 is 0. The van der Waals surface area contributed by atoms with Gasteiger partial charge in [0.05, 0.1) is 0 Å². The van der Waals surface area contributed by atoms with Crippen molar-refractivity contribution in [2.24, 2.45) is 0 Å². The van der Waals surface area contributed by atoms with Gasteiger partial charge >= 0.3 is 0 Å². The Morgan fingerprint density at radius 1 is 1.33 bits per heavy atom. The Labute approximate surface area is 89.9 Å². The van der Waals surface area contributed by atoms with Crippen LogP contribution in [-0.2, 0) is 19.5 Å². The summed E-state index contributed by atoms with van der Waals surface area (Å²) in [5, 5.41) is 4.71. The van der Waals surface area contributed by atoms with Crippen molar-refractivity contribution in [2.45, 2.75) is 25.9 Å². The first-order valence-electron chi connectivity index (χ1n) is 5.65. The van der Waals surface area contributed by atoms with E-state index in [1.54, 1.807) is 5.69 Å². The van der Waals surface area contributed by atoms with E-state index in [4.69, 9.17) is 0 Å². The van der Waals surface area contributed by atoms with Crippen LogP contribution in [-0.4, -0.2) is 11.6 Å². The highest BCUT2D eigenvalue weighted by Crippen LogP contribution is 2.31. The summed E-state index contributed by atoms with van der Waals surface area (Å²) in [6.45, 7) is 2.18. The molecule has 2 nitrogen and oxygen atoms in total. The largest absolute Gasteiger partial charge is 0.344 e. The Morgan fingerprint density at radius 2 is 2.20 bits per heavy atom. The van der Waals surface area contributed by atoms with Crippen LogP contribution < -0.4 is 5.32 Å². The van der Waals surface area contributed by atoms with Crippen molar-refractivity contribution in [1.82, 2.24) is 9.88 Å². The molecule has 1 aliphatic rings. The number of nitrogens with one attached hydrogen (secondary N) is 1. The van der Waals surface area contributed by atoms with E-state index >= 15 is 0 Å². The smallest absolute Gasteiger partial charge is 0.0485 e. The van der Waals surface area contributed by atoms with Gasteiger partial charge in [0.2, 0.25) is 0 Å². The van der Waals surface area contributed by atoms with Gasteiger partial charge < -0.3 is 9.88 Å². The predicted octanol–water partition coefficient (Wildman–Crippen LogP) is 2.31. The van der Waals surface area contributed by atoms with E-state index in [-0.39, 0.29) is 0 Å². The van der Waals surface area contributed by atoms with Gasteiger partial charge in [0, 0.05) is 29.7 Å². The first-order valence-corrected chi connectivity index (χ1v) is 5.65. The summed E-state index contributed by atoms with van der Waals surface area (Å²) in [5.74, 6) is 0. The van der Waals surface area contributed by atoms with Gasteiger partial charge in [0.25, 0.3) is 0 Å². The minimum absolute atomic E-state index is 0.989. The summed E-state index contributed by atoms with van der Waals surface area (Å²) < 4.78 is 2.49. The quantitative estimate of drug-likeness (QED) is 0.787. The van der Waals surface area contributed by atoms with Gasteiger partial charge in [0.15, 0.2) is 0 Å². The monoisotopic (exact) mass is 200 g/mol. The van der Waals surface area contributed by atoms with Crippen molar-refractivity contribution in [2.75, 3.05) is 7.05 Å². The van der Waals surface area contributed by atoms with Crippen LogP contribution in [0.2, 0.25) is 0 Å². The first kappa shape index (κ1) is 8.98. The van der Waals surface area contributed by atoms with Gasteiger partial charge in [-0.1, -0.05) is 18.2 Å². The zero-order valence-electron chi connectivity index (χ0n) is 9.09. The zero-order valence-corrected chi connectivity index (χ0v) is 9.09. The van der Waals surface area contributed by atoms with Gasteiger partial charge in [-0.25, -0.2) is 0 Å². The molecular formula is C13H16N2. The summed E-state index contributed by atoms with van der Waals surface area (Å²) in [7, 11) is 2.02. The minimum atomic E-state index is 0.989. The second-order valence-electron chi connectivity index (χ2n) is 4.23. The van der Waals surface area contributed by atoms with Crippen molar-refractivity contribution in [3.8, 4) is 0 Å². The van der Waals surface area contributed by atoms with Crippen molar-refractivity contribution < 1.29 is 0 Å². The van der Waals surface area contributed by atoms with Crippen LogP contribution in [0.25, 0.3) is 10.9 Å². The number of aromatic nitrogens is 1. The number of benzene rings is 1. The van der Waals surface area contributed by atoms with Crippen molar-refractivity contribution in [3.63, 3.8) is 0 Å². The third-order valence-corrected chi connectivity index (χ3v) is 3.34. The van der Waals surface area contributed by atoms with Crippen molar-refractivity contribution in [3.05, 3.63) is 35.5 Å². The lowest BCUT2D eigenvalue weighted by Gasteiger charge is -2.00. The van der Waals surface area contributed by atoms with E-state index in [0.29, 0.717) is 0 Å². The van der Waals surface area contributed by atoms with E-state index in [0.717, 1.165) is 6.54 Å². The maximum absolute atomic E-state index is 3.28. The van der Waals surface area contributed by atoms with Gasteiger partial charge in [-0.05, 0) is 31.5 Å². The van der Waals surface area contributed by atoms with Crippen LogP contribution in [0, 0.1) is 0 Å². The zero-order chi connectivity index (χ0) is 10.3. The molecule has 2 aromatic rings. The summed E-state index contributed by atoms with van der Waals surface area (Å²) in [6.07, 6.45) is 2.54. The topological polar surface area (TPSA) is 17.0 Å². The molecule has 0 amide bonds. The Morgan fingerprint density at radius 3 is 3.07 bits per heavy atom. The predicted molar refractivity (Wildman–Crippen MR) is 63.0 cm³/mol. The van der Waals surface area contributed by atoms with Crippen LogP contribution in [0.3, 0.4) is 0 Å². The molecule has 0 atom stereocenters. The molecule has 2 heteroatoms. The lowest BCUT2D eigenvalue weighted by Crippen LogP contribution is -2.06. The average molecular weight is 200 g/mol. The molecule has 0 aliphatic carbocycles. The van der Waals surface area contributed by atoms with Crippen LogP contribution in [0.15, 0.2) is 24.3 Å². The van der Waals surface area contributed by atoms with Gasteiger partial charge in [-0.2, -0.15) is 0 Å². The fraction of sp³-hybridized carbons (Fsp3) is 0.385. The van der Waals surface area contributed by atoms with E-state index < -0.39 is 0 Å². The van der Waals surface area contributed by atoms with Crippen molar-refractivity contribution >= 4 is 10.9 Å². The average Bonchev–Trinajstić information content (AvgIpc) is 2.82. The molecule has 78 valence electrons. The molecule has 2 heterocycles. The maximum atomic E-state index is 3.28. The fourth-order valence-corrected chi connectivity index (χ4v) is 2.75. The van der Waals surface area contributed by atoms with Crippen LogP contribution in [0.4, 0.5) is 0 Å². The molecule has 0 spiro atoms. The molecule has 0 radical (unpaired) electrons. The summed E-state index contributed by atoms with van der Waals surface area (Å²) in [4.78, 5) is 0. The van der Waals surface area contributed by atoms with Gasteiger partial charge in [-0.15, -0.1) is 0 Å². The standard InChI is InChI=1S/C13H16N2/c1-14-9-11-10-5-2-3-6-12(10)15-8-4-7-13(11)15/h2-3,5-6,14H,4,7-9H2,1H3. The Kier molecular flexibility index (Phi) is 2.03. The van der Waals surface area contributed by atoms with E-state index in [9.17, 15) is 0 Å². The lowest BCUT2D eigenvalue weighted by molar-refractivity contribution is 0.770. The minimum Gasteiger partial charge on any atom is -0.344 e. The normalized spacial score (nSPS) is 14.7. The number of hydrogen-bond donors (Lipinski definition) is 1. The Bertz CT molecular complexity index is 496. The Hall–Kier alpha value is -1.28. The highest BCUT2D eigenvalue weighted by atomic mass is 15.0. The van der Waals surface area contributed by atoms with E-state index in [1.165, 1.54) is 35.9 Å². The number of fused-ring (bicyclic) bond motifs is 3. The maximum Gasteiger partial charge on any atom is 0.0485 e. The second kappa shape index (κ2) is 3.38. The fourth-order valence-electron chi connectivity index (χ4n) is 2.75. The third kappa shape index (κ3) is 1.21. The van der Waals surface area contributed by atoms with Gasteiger partial charge in [0.1, 0.15) is 0 Å². The summed E-state index contributed by atoms with van der Waals surface area (Å²) in [5.41, 5.74) is 4.46. The lowest BCUT2D eigenvalue weighted by atomic mass is 10.1. The molecule has 0 saturated heterocycles. The molecule has 0 saturated carbocycles. The number of para-hydroxylation sites is 1. The van der Waals surface area contributed by atoms with E-state index in [2.05, 4.69) is 34.1 Å². The third-order valence-electron chi connectivity index (χ3n) is 3.34. The van der Waals surface area contributed by atoms with E-state index in [1.807, 2.05) is 7.05 Å². The van der Waals surface area contributed by atoms with Crippen LogP contribution >= 0.6 is 0 Å². The van der Waals surface area contributed by atoms with Crippen LogP contribution in [0.5, 0.6) is 0 Å². The molecule has 1 aromatic carbocycles. The molecule has 0 bridgehead atoms. The molecular weight excluding hydrogens is 184 g/mol. The highest BCUT2D eigenvalue weighted by molar-refractivity contribution is 5.85.